The Kier molecular flexibility index (Phi) is 4.74. The zero-order chi connectivity index (χ0) is 26.5. The maximum atomic E-state index is 6.33. The van der Waals surface area contributed by atoms with Crippen molar-refractivity contribution in [3.8, 4) is 5.69 Å². The lowest BCUT2D eigenvalue weighted by molar-refractivity contribution is 0.00578. The number of aromatic nitrogens is 1. The third kappa shape index (κ3) is 3.18. The van der Waals surface area contributed by atoms with Crippen molar-refractivity contribution in [2.24, 2.45) is 0 Å². The Bertz CT molecular complexity index is 2070. The third-order valence-electron chi connectivity index (χ3n) is 8.83. The van der Waals surface area contributed by atoms with E-state index in [0.29, 0.717) is 0 Å². The number of fused-ring (bicyclic) bond motifs is 10. The highest BCUT2D eigenvalue weighted by atomic mass is 32.1. The lowest BCUT2D eigenvalue weighted by Crippen LogP contribution is -2.41. The molecule has 1 saturated heterocycles. The van der Waals surface area contributed by atoms with Crippen LogP contribution in [0.5, 0.6) is 0 Å². The van der Waals surface area contributed by atoms with Gasteiger partial charge in [0.05, 0.1) is 26.9 Å². The van der Waals surface area contributed by atoms with E-state index in [9.17, 15) is 0 Å². The molecule has 1 aliphatic rings. The minimum absolute atomic E-state index is 0.364. The Morgan fingerprint density at radius 2 is 1.18 bits per heavy atom. The summed E-state index contributed by atoms with van der Waals surface area (Å²) in [4.78, 5) is 0. The predicted octanol–water partition coefficient (Wildman–Crippen LogP) is 8.60. The summed E-state index contributed by atoms with van der Waals surface area (Å²) >= 11 is 1.89. The van der Waals surface area contributed by atoms with E-state index in [4.69, 9.17) is 9.31 Å². The minimum Gasteiger partial charge on any atom is -0.399 e. The number of thiophene rings is 1. The van der Waals surface area contributed by atoms with Gasteiger partial charge in [-0.25, -0.2) is 0 Å². The maximum Gasteiger partial charge on any atom is 0.494 e. The van der Waals surface area contributed by atoms with Crippen LogP contribution in [0.1, 0.15) is 27.7 Å². The van der Waals surface area contributed by atoms with E-state index in [2.05, 4.69) is 129 Å². The van der Waals surface area contributed by atoms with E-state index >= 15 is 0 Å². The zero-order valence-corrected chi connectivity index (χ0v) is 23.3. The predicted molar refractivity (Wildman–Crippen MR) is 167 cm³/mol. The van der Waals surface area contributed by atoms with Crippen LogP contribution in [0.4, 0.5) is 0 Å². The lowest BCUT2D eigenvalue weighted by atomic mass is 9.79. The van der Waals surface area contributed by atoms with Gasteiger partial charge in [-0.2, -0.15) is 0 Å². The van der Waals surface area contributed by atoms with E-state index in [1.807, 2.05) is 11.3 Å². The molecular formula is C34H28BNO2S. The number of hydrogen-bond donors (Lipinski definition) is 0. The molecule has 7 aromatic rings. The topological polar surface area (TPSA) is 23.4 Å². The largest absolute Gasteiger partial charge is 0.494 e. The van der Waals surface area contributed by atoms with Gasteiger partial charge >= 0.3 is 7.12 Å². The Labute approximate surface area is 231 Å². The summed E-state index contributed by atoms with van der Waals surface area (Å²) in [5, 5.41) is 7.87. The molecule has 3 nitrogen and oxygen atoms in total. The molecule has 0 atom stereocenters. The monoisotopic (exact) mass is 525 g/mol. The van der Waals surface area contributed by atoms with Gasteiger partial charge in [-0.3, -0.25) is 0 Å². The molecule has 0 N–H and O–H groups in total. The quantitative estimate of drug-likeness (QED) is 0.211. The number of benzene rings is 5. The van der Waals surface area contributed by atoms with Crippen molar-refractivity contribution >= 4 is 76.7 Å². The molecule has 2 aromatic heterocycles. The number of hydrogen-bond acceptors (Lipinski definition) is 3. The van der Waals surface area contributed by atoms with Crippen LogP contribution in [0.2, 0.25) is 0 Å². The fourth-order valence-electron chi connectivity index (χ4n) is 6.15. The summed E-state index contributed by atoms with van der Waals surface area (Å²) in [7, 11) is -0.375. The van der Waals surface area contributed by atoms with Crippen molar-refractivity contribution < 1.29 is 9.31 Å². The Morgan fingerprint density at radius 1 is 0.615 bits per heavy atom. The smallest absolute Gasteiger partial charge is 0.399 e. The van der Waals surface area contributed by atoms with E-state index in [0.717, 1.165) is 11.2 Å². The van der Waals surface area contributed by atoms with Gasteiger partial charge in [0.15, 0.2) is 0 Å². The normalized spacial score (nSPS) is 16.9. The molecule has 0 bridgehead atoms. The first-order valence-corrected chi connectivity index (χ1v) is 14.4. The average Bonchev–Trinajstić information content (AvgIpc) is 3.56. The van der Waals surface area contributed by atoms with Gasteiger partial charge in [-0.15, -0.1) is 11.3 Å². The molecule has 8 rings (SSSR count). The summed E-state index contributed by atoms with van der Waals surface area (Å²) in [6.07, 6.45) is 0. The molecule has 0 amide bonds. The first kappa shape index (κ1) is 23.3. The standard InChI is InChI=1S/C34H28BNO2S/c1-33(2)34(3,4)38-35(37-33)21-17-19-22(20-18-21)36-27-15-9-7-13-25(27)29-23-11-5-6-12-24(23)30-26-14-8-10-16-28(26)39-32(30)31(29)36/h5-20H,1-4H3. The SMILES string of the molecule is CC1(C)OB(c2ccc(-n3c4ccccc4c4c5ccccc5c5c6ccccc6sc5c43)cc2)OC1(C)C. The fourth-order valence-corrected chi connectivity index (χ4v) is 7.41. The van der Waals surface area contributed by atoms with Crippen LogP contribution in [-0.2, 0) is 9.31 Å². The van der Waals surface area contributed by atoms with Gasteiger partial charge in [-0.05, 0) is 68.2 Å². The molecule has 0 radical (unpaired) electrons. The molecule has 0 aliphatic carbocycles. The molecule has 0 spiro atoms. The van der Waals surface area contributed by atoms with E-state index in [1.54, 1.807) is 0 Å². The summed E-state index contributed by atoms with van der Waals surface area (Å²) in [6, 6.07) is 35.2. The fraction of sp³-hybridized carbons (Fsp3) is 0.176. The highest BCUT2D eigenvalue weighted by molar-refractivity contribution is 7.27. The molecule has 3 heterocycles. The molecule has 0 unspecified atom stereocenters. The van der Waals surface area contributed by atoms with E-state index < -0.39 is 0 Å². The van der Waals surface area contributed by atoms with Crippen molar-refractivity contribution in [1.82, 2.24) is 4.57 Å². The van der Waals surface area contributed by atoms with Crippen LogP contribution in [-0.4, -0.2) is 22.9 Å². The molecule has 1 fully saturated rings. The van der Waals surface area contributed by atoms with Crippen molar-refractivity contribution in [2.45, 2.75) is 38.9 Å². The average molecular weight is 525 g/mol. The van der Waals surface area contributed by atoms with Crippen molar-refractivity contribution in [1.29, 1.82) is 0 Å². The lowest BCUT2D eigenvalue weighted by Gasteiger charge is -2.32. The second kappa shape index (κ2) is 7.95. The summed E-state index contributed by atoms with van der Waals surface area (Å²) < 4.78 is 17.8. The summed E-state index contributed by atoms with van der Waals surface area (Å²) in [6.45, 7) is 8.39. The molecule has 39 heavy (non-hydrogen) atoms. The van der Waals surface area contributed by atoms with E-state index in [-0.39, 0.29) is 18.3 Å². The van der Waals surface area contributed by atoms with Crippen LogP contribution in [0.3, 0.4) is 0 Å². The first-order chi connectivity index (χ1) is 18.8. The second-order valence-electron chi connectivity index (χ2n) is 11.6. The highest BCUT2D eigenvalue weighted by Gasteiger charge is 2.51. The molecule has 5 aromatic carbocycles. The third-order valence-corrected chi connectivity index (χ3v) is 10.0. The number of nitrogens with zero attached hydrogens (tertiary/aromatic N) is 1. The molecule has 0 saturated carbocycles. The van der Waals surface area contributed by atoms with Gasteiger partial charge in [-0.1, -0.05) is 72.8 Å². The van der Waals surface area contributed by atoms with Gasteiger partial charge in [0.2, 0.25) is 0 Å². The van der Waals surface area contributed by atoms with Crippen LogP contribution in [0.25, 0.3) is 58.4 Å². The Morgan fingerprint density at radius 3 is 1.87 bits per heavy atom. The maximum absolute atomic E-state index is 6.33. The molecule has 5 heteroatoms. The Balaban J connectivity index is 1.44. The van der Waals surface area contributed by atoms with Crippen LogP contribution >= 0.6 is 11.3 Å². The highest BCUT2D eigenvalue weighted by Crippen LogP contribution is 2.47. The van der Waals surface area contributed by atoms with Crippen LogP contribution in [0, 0.1) is 0 Å². The van der Waals surface area contributed by atoms with Gasteiger partial charge in [0.25, 0.3) is 0 Å². The molecular weight excluding hydrogens is 497 g/mol. The second-order valence-corrected chi connectivity index (χ2v) is 12.7. The van der Waals surface area contributed by atoms with E-state index in [1.165, 1.54) is 52.8 Å². The van der Waals surface area contributed by atoms with Crippen molar-refractivity contribution in [2.75, 3.05) is 0 Å². The van der Waals surface area contributed by atoms with Gasteiger partial charge < -0.3 is 13.9 Å². The zero-order valence-electron chi connectivity index (χ0n) is 22.5. The molecule has 1 aliphatic heterocycles. The van der Waals surface area contributed by atoms with Gasteiger partial charge in [0.1, 0.15) is 0 Å². The molecule has 190 valence electrons. The summed E-state index contributed by atoms with van der Waals surface area (Å²) in [5.41, 5.74) is 3.93. The van der Waals surface area contributed by atoms with Crippen molar-refractivity contribution in [3.63, 3.8) is 0 Å². The van der Waals surface area contributed by atoms with Crippen LogP contribution in [0.15, 0.2) is 97.1 Å². The first-order valence-electron chi connectivity index (χ1n) is 13.6. The number of para-hydroxylation sites is 1. The van der Waals surface area contributed by atoms with Gasteiger partial charge in [0, 0.05) is 31.9 Å². The number of rotatable bonds is 2. The van der Waals surface area contributed by atoms with Crippen molar-refractivity contribution in [3.05, 3.63) is 97.1 Å². The summed E-state index contributed by atoms with van der Waals surface area (Å²) in [5.74, 6) is 0. The minimum atomic E-state index is -0.375. The Hall–Kier alpha value is -3.64. The van der Waals surface area contributed by atoms with Crippen LogP contribution < -0.4 is 5.46 Å².